The van der Waals surface area contributed by atoms with Crippen LogP contribution in [0.2, 0.25) is 0 Å². The summed E-state index contributed by atoms with van der Waals surface area (Å²) in [6.45, 7) is 2.14. The van der Waals surface area contributed by atoms with Crippen LogP contribution in [0.5, 0.6) is 5.75 Å². The Morgan fingerprint density at radius 1 is 1.20 bits per heavy atom. The van der Waals surface area contributed by atoms with Crippen molar-refractivity contribution in [3.8, 4) is 5.75 Å². The minimum Gasteiger partial charge on any atom is -0.497 e. The minimum atomic E-state index is -0.721. The molecule has 30 heavy (non-hydrogen) atoms. The number of hydrogen-bond donors (Lipinski definition) is 0. The molecule has 0 saturated carbocycles. The number of anilines is 1. The van der Waals surface area contributed by atoms with Crippen molar-refractivity contribution >= 4 is 17.5 Å². The van der Waals surface area contributed by atoms with E-state index in [1.807, 2.05) is 29.2 Å². The highest BCUT2D eigenvalue weighted by Crippen LogP contribution is 2.29. The van der Waals surface area contributed by atoms with E-state index in [-0.39, 0.29) is 18.4 Å². The Labute approximate surface area is 177 Å². The van der Waals surface area contributed by atoms with Crippen LogP contribution in [0.15, 0.2) is 35.9 Å². The van der Waals surface area contributed by atoms with Crippen molar-refractivity contribution in [2.24, 2.45) is 0 Å². The topological polar surface area (TPSA) is 68.3 Å². The number of amides is 2. The molecule has 1 unspecified atom stereocenters. The van der Waals surface area contributed by atoms with Gasteiger partial charge in [-0.1, -0.05) is 11.6 Å². The molecule has 1 aliphatic carbocycles. The van der Waals surface area contributed by atoms with Gasteiger partial charge in [-0.2, -0.15) is 0 Å². The van der Waals surface area contributed by atoms with Gasteiger partial charge < -0.3 is 24.0 Å². The van der Waals surface area contributed by atoms with Crippen LogP contribution in [-0.2, 0) is 19.1 Å². The lowest BCUT2D eigenvalue weighted by Crippen LogP contribution is -2.61. The molecule has 2 heterocycles. The lowest BCUT2D eigenvalue weighted by atomic mass is 9.96. The Morgan fingerprint density at radius 2 is 2.03 bits per heavy atom. The van der Waals surface area contributed by atoms with E-state index in [1.54, 1.807) is 12.0 Å². The van der Waals surface area contributed by atoms with Gasteiger partial charge in [-0.05, 0) is 49.9 Å². The molecule has 1 aromatic rings. The molecule has 1 aromatic carbocycles. The van der Waals surface area contributed by atoms with Crippen molar-refractivity contribution in [2.75, 3.05) is 51.5 Å². The van der Waals surface area contributed by atoms with E-state index in [0.29, 0.717) is 39.3 Å². The van der Waals surface area contributed by atoms with E-state index >= 15 is 0 Å². The molecule has 0 bridgehead atoms. The number of rotatable bonds is 4. The van der Waals surface area contributed by atoms with E-state index in [9.17, 15) is 9.59 Å². The lowest BCUT2D eigenvalue weighted by Gasteiger charge is -2.43. The number of benzene rings is 1. The summed E-state index contributed by atoms with van der Waals surface area (Å²) in [5.74, 6) is 0.755. The number of methoxy groups -OCH3 is 1. The van der Waals surface area contributed by atoms with Crippen molar-refractivity contribution in [3.63, 3.8) is 0 Å². The first-order valence-corrected chi connectivity index (χ1v) is 10.7. The maximum Gasteiger partial charge on any atom is 0.253 e. The molecule has 0 aromatic heterocycles. The van der Waals surface area contributed by atoms with E-state index in [0.717, 1.165) is 30.7 Å². The highest BCUT2D eigenvalue weighted by molar-refractivity contribution is 5.95. The first kappa shape index (κ1) is 20.9. The highest BCUT2D eigenvalue weighted by Gasteiger charge is 2.44. The quantitative estimate of drug-likeness (QED) is 0.709. The second-order valence-corrected chi connectivity index (χ2v) is 8.30. The van der Waals surface area contributed by atoms with Gasteiger partial charge in [-0.25, -0.2) is 0 Å². The van der Waals surface area contributed by atoms with Crippen LogP contribution in [0, 0.1) is 0 Å². The summed E-state index contributed by atoms with van der Waals surface area (Å²) in [5, 5.41) is 0. The van der Waals surface area contributed by atoms with Crippen molar-refractivity contribution in [1.29, 1.82) is 0 Å². The first-order valence-electron chi connectivity index (χ1n) is 10.7. The molecule has 1 spiro atoms. The number of carbonyl (C=O) groups is 2. The zero-order valence-electron chi connectivity index (χ0n) is 17.6. The number of nitrogens with zero attached hydrogens (tertiary/aromatic N) is 2. The molecule has 2 amide bonds. The highest BCUT2D eigenvalue weighted by atomic mass is 16.6. The molecule has 2 aliphatic heterocycles. The average molecular weight is 415 g/mol. The van der Waals surface area contributed by atoms with Crippen LogP contribution < -0.4 is 9.64 Å². The smallest absolute Gasteiger partial charge is 0.253 e. The maximum atomic E-state index is 13.0. The van der Waals surface area contributed by atoms with Crippen LogP contribution >= 0.6 is 0 Å². The third-order valence-electron chi connectivity index (χ3n) is 6.10. The Morgan fingerprint density at radius 3 is 2.77 bits per heavy atom. The van der Waals surface area contributed by atoms with Gasteiger partial charge in [0.15, 0.2) is 0 Å². The standard InChI is InChI=1S/C23H30N2O5/c1-28-20-9-7-19(8-10-20)25-16-23(30-14-22(25)27)15-24(11-12-29-17-23)21(26)13-18-5-3-2-4-6-18/h5,7-10H,2-4,6,11-17H2,1H3. The maximum absolute atomic E-state index is 13.0. The Hall–Kier alpha value is -2.38. The Kier molecular flexibility index (Phi) is 6.39. The Bertz CT molecular complexity index is 806. The summed E-state index contributed by atoms with van der Waals surface area (Å²) in [6, 6.07) is 7.40. The van der Waals surface area contributed by atoms with Crippen molar-refractivity contribution in [3.05, 3.63) is 35.9 Å². The number of ether oxygens (including phenoxy) is 3. The van der Waals surface area contributed by atoms with Gasteiger partial charge in [-0.3, -0.25) is 9.59 Å². The molecule has 0 radical (unpaired) electrons. The molecular formula is C23H30N2O5. The van der Waals surface area contributed by atoms with Gasteiger partial charge in [0.2, 0.25) is 5.91 Å². The molecule has 7 nitrogen and oxygen atoms in total. The molecule has 2 fully saturated rings. The second-order valence-electron chi connectivity index (χ2n) is 8.30. The molecule has 1 atom stereocenters. The second kappa shape index (κ2) is 9.18. The van der Waals surface area contributed by atoms with Gasteiger partial charge in [0.25, 0.3) is 5.91 Å². The molecular weight excluding hydrogens is 384 g/mol. The number of hydrogen-bond acceptors (Lipinski definition) is 5. The number of morpholine rings is 1. The number of allylic oxidation sites excluding steroid dienone is 1. The minimum absolute atomic E-state index is 0.0252. The van der Waals surface area contributed by atoms with Crippen molar-refractivity contribution in [1.82, 2.24) is 4.90 Å². The van der Waals surface area contributed by atoms with Crippen LogP contribution in [0.4, 0.5) is 5.69 Å². The average Bonchev–Trinajstić information content (AvgIpc) is 2.99. The Balaban J connectivity index is 1.48. The molecule has 7 heteroatoms. The molecule has 4 rings (SSSR count). The summed E-state index contributed by atoms with van der Waals surface area (Å²) < 4.78 is 17.1. The van der Waals surface area contributed by atoms with E-state index in [2.05, 4.69) is 6.08 Å². The summed E-state index contributed by atoms with van der Waals surface area (Å²) in [4.78, 5) is 29.2. The van der Waals surface area contributed by atoms with Crippen LogP contribution in [0.3, 0.4) is 0 Å². The van der Waals surface area contributed by atoms with Gasteiger partial charge in [0.1, 0.15) is 18.0 Å². The van der Waals surface area contributed by atoms with Crippen molar-refractivity contribution in [2.45, 2.75) is 37.7 Å². The fourth-order valence-electron chi connectivity index (χ4n) is 4.38. The summed E-state index contributed by atoms with van der Waals surface area (Å²) in [5.41, 5.74) is 1.31. The lowest BCUT2D eigenvalue weighted by molar-refractivity contribution is -0.149. The fraction of sp³-hybridized carbons (Fsp3) is 0.565. The predicted molar refractivity (Wildman–Crippen MR) is 113 cm³/mol. The van der Waals surface area contributed by atoms with Gasteiger partial charge >= 0.3 is 0 Å². The van der Waals surface area contributed by atoms with Crippen LogP contribution in [-0.4, -0.2) is 68.9 Å². The molecule has 2 saturated heterocycles. The monoisotopic (exact) mass is 414 g/mol. The van der Waals surface area contributed by atoms with E-state index in [4.69, 9.17) is 14.2 Å². The third-order valence-corrected chi connectivity index (χ3v) is 6.10. The summed E-state index contributed by atoms with van der Waals surface area (Å²) >= 11 is 0. The summed E-state index contributed by atoms with van der Waals surface area (Å²) in [6.07, 6.45) is 7.13. The van der Waals surface area contributed by atoms with Crippen LogP contribution in [0.25, 0.3) is 0 Å². The van der Waals surface area contributed by atoms with E-state index in [1.165, 1.54) is 12.0 Å². The zero-order chi connectivity index (χ0) is 21.0. The summed E-state index contributed by atoms with van der Waals surface area (Å²) in [7, 11) is 1.61. The van der Waals surface area contributed by atoms with Crippen LogP contribution in [0.1, 0.15) is 32.1 Å². The molecule has 3 aliphatic rings. The van der Waals surface area contributed by atoms with E-state index < -0.39 is 5.60 Å². The molecule has 162 valence electrons. The van der Waals surface area contributed by atoms with Crippen molar-refractivity contribution < 1.29 is 23.8 Å². The van der Waals surface area contributed by atoms with Gasteiger partial charge in [0, 0.05) is 18.7 Å². The van der Waals surface area contributed by atoms with Gasteiger partial charge in [-0.15, -0.1) is 0 Å². The fourth-order valence-corrected chi connectivity index (χ4v) is 4.38. The molecule has 0 N–H and O–H groups in total. The predicted octanol–water partition coefficient (Wildman–Crippen LogP) is 2.55. The SMILES string of the molecule is COc1ccc(N2CC3(COCCN(C(=O)CC4=CCCCC4)C3)OCC2=O)cc1. The zero-order valence-corrected chi connectivity index (χ0v) is 17.6. The third kappa shape index (κ3) is 4.68. The normalized spacial score (nSPS) is 25.1. The first-order chi connectivity index (χ1) is 14.6. The van der Waals surface area contributed by atoms with Gasteiger partial charge in [0.05, 0.1) is 33.4 Å². The largest absolute Gasteiger partial charge is 0.497 e. The number of carbonyl (C=O) groups excluding carboxylic acids is 2.